The predicted octanol–water partition coefficient (Wildman–Crippen LogP) is 2.30. The Labute approximate surface area is 197 Å². The van der Waals surface area contributed by atoms with Gasteiger partial charge in [0.15, 0.2) is 0 Å². The molecule has 2 fully saturated rings. The first kappa shape index (κ1) is 22.1. The molecule has 134 valence electrons. The van der Waals surface area contributed by atoms with E-state index in [9.17, 15) is 0 Å². The fourth-order valence-electron chi connectivity index (χ4n) is 4.95. The van der Waals surface area contributed by atoms with Crippen molar-refractivity contribution in [1.29, 1.82) is 0 Å². The van der Waals surface area contributed by atoms with E-state index in [1.54, 1.807) is 5.56 Å². The average Bonchev–Trinajstić information content (AvgIpc) is 3.26. The number of hydrogen-bond acceptors (Lipinski definition) is 1. The maximum absolute atomic E-state index is 5.07. The third-order valence-electron chi connectivity index (χ3n) is 6.38. The van der Waals surface area contributed by atoms with Crippen LogP contribution in [0.5, 0.6) is 0 Å². The van der Waals surface area contributed by atoms with Gasteiger partial charge in [-0.05, 0) is 70.9 Å². The van der Waals surface area contributed by atoms with Crippen LogP contribution in [0, 0.1) is 12.8 Å². The van der Waals surface area contributed by atoms with Gasteiger partial charge in [-0.25, -0.2) is 0 Å². The molecule has 0 bridgehead atoms. The second kappa shape index (κ2) is 9.32. The van der Waals surface area contributed by atoms with Crippen LogP contribution in [0.4, 0.5) is 0 Å². The molecule has 0 heterocycles. The van der Waals surface area contributed by atoms with E-state index in [-0.39, 0.29) is 51.4 Å². The Kier molecular flexibility index (Phi) is 8.22. The van der Waals surface area contributed by atoms with Crippen LogP contribution in [-0.2, 0) is 5.41 Å². The molecule has 0 aromatic heterocycles. The van der Waals surface area contributed by atoms with Crippen molar-refractivity contribution in [1.82, 2.24) is 4.90 Å². The summed E-state index contributed by atoms with van der Waals surface area (Å²) in [4.78, 5) is 2.56. The van der Waals surface area contributed by atoms with Gasteiger partial charge in [0.1, 0.15) is 0 Å². The van der Waals surface area contributed by atoms with Gasteiger partial charge in [0, 0.05) is 12.1 Å². The topological polar surface area (TPSA) is 17.3 Å². The molecule has 0 radical (unpaired) electrons. The molecule has 2 aliphatic rings. The molecule has 2 saturated carbocycles. The second-order valence-corrected chi connectivity index (χ2v) is 8.69. The first-order valence-corrected chi connectivity index (χ1v) is 9.92. The van der Waals surface area contributed by atoms with E-state index in [0.29, 0.717) is 23.5 Å². The average molecular weight is 367 g/mol. The summed E-state index contributed by atoms with van der Waals surface area (Å²) in [5.41, 5.74) is 3.51. The number of hydrogen-bond donors (Lipinski definition) is 0. The van der Waals surface area contributed by atoms with Crippen LogP contribution in [0.2, 0.25) is 0 Å². The molecule has 3 unspecified atom stereocenters. The van der Waals surface area contributed by atoms with E-state index in [0.717, 1.165) is 19.0 Å². The van der Waals surface area contributed by atoms with Crippen LogP contribution < -0.4 is 51.4 Å². The summed E-state index contributed by atoms with van der Waals surface area (Å²) in [5.74, 6) is 0.883. The molecule has 1 aromatic rings. The van der Waals surface area contributed by atoms with Crippen LogP contribution in [0.1, 0.15) is 64.5 Å². The Bertz CT molecular complexity index is 549. The molecule has 2 aliphatic carbocycles. The van der Waals surface area contributed by atoms with Crippen molar-refractivity contribution < 1.29 is 51.4 Å². The van der Waals surface area contributed by atoms with E-state index >= 15 is 0 Å². The van der Waals surface area contributed by atoms with Crippen LogP contribution in [-0.4, -0.2) is 36.1 Å². The molecule has 0 amide bonds. The maximum atomic E-state index is 5.07. The molecule has 0 N–H and O–H groups in total. The molecule has 3 heteroatoms. The zero-order chi connectivity index (χ0) is 17.3. The van der Waals surface area contributed by atoms with Gasteiger partial charge in [-0.3, -0.25) is 0 Å². The summed E-state index contributed by atoms with van der Waals surface area (Å²) in [6, 6.07) is 11.1. The third-order valence-corrected chi connectivity index (χ3v) is 6.38. The largest absolute Gasteiger partial charge is 1.00 e. The Morgan fingerprint density at radius 2 is 1.92 bits per heavy atom. The maximum Gasteiger partial charge on any atom is 1.00 e. The third kappa shape index (κ3) is 5.19. The number of benzene rings is 1. The minimum atomic E-state index is 0. The van der Waals surface area contributed by atoms with Gasteiger partial charge in [-0.15, -0.1) is 12.6 Å². The SMILES string of the molecule is Cc1cccc(C23CCC([N-]CCN(C(C)C)C(C)C)CC2C3)c1.[K+]. The van der Waals surface area contributed by atoms with Crippen LogP contribution in [0.3, 0.4) is 0 Å². The van der Waals surface area contributed by atoms with E-state index in [2.05, 4.69) is 63.8 Å². The van der Waals surface area contributed by atoms with Gasteiger partial charge in [0.05, 0.1) is 0 Å². The molecule has 25 heavy (non-hydrogen) atoms. The Balaban J connectivity index is 0.00000225. The summed E-state index contributed by atoms with van der Waals surface area (Å²) >= 11 is 0. The monoisotopic (exact) mass is 366 g/mol. The molecule has 3 rings (SSSR count). The van der Waals surface area contributed by atoms with Crippen molar-refractivity contribution in [2.45, 2.75) is 83.8 Å². The standard InChI is InChI=1S/C22H35N2.K/c1-16(2)24(17(3)4)12-11-23-21-9-10-22(15-20(22)14-21)19-8-6-7-18(5)13-19;/h6-8,13,16-17,20-21H,9-12,14-15H2,1-5H3;/q-1;+1. The number of nitrogens with zero attached hydrogens (tertiary/aromatic N) is 2. The van der Waals surface area contributed by atoms with Gasteiger partial charge in [-0.2, -0.15) is 0 Å². The predicted molar refractivity (Wildman–Crippen MR) is 104 cm³/mol. The molecule has 3 atom stereocenters. The van der Waals surface area contributed by atoms with Crippen molar-refractivity contribution in [2.24, 2.45) is 5.92 Å². The first-order valence-electron chi connectivity index (χ1n) is 9.92. The van der Waals surface area contributed by atoms with E-state index in [4.69, 9.17) is 5.32 Å². The number of fused-ring (bicyclic) bond motifs is 1. The molecule has 0 aliphatic heterocycles. The zero-order valence-corrected chi connectivity index (χ0v) is 20.4. The van der Waals surface area contributed by atoms with Crippen molar-refractivity contribution >= 4 is 0 Å². The van der Waals surface area contributed by atoms with E-state index in [1.165, 1.54) is 31.2 Å². The molecular formula is C22H35KN2. The second-order valence-electron chi connectivity index (χ2n) is 8.69. The zero-order valence-electron chi connectivity index (χ0n) is 17.3. The number of aryl methyl sites for hydroxylation is 1. The first-order chi connectivity index (χ1) is 11.4. The van der Waals surface area contributed by atoms with Gasteiger partial charge in [-0.1, -0.05) is 42.7 Å². The quantitative estimate of drug-likeness (QED) is 0.677. The van der Waals surface area contributed by atoms with Crippen molar-refractivity contribution in [2.75, 3.05) is 13.1 Å². The molecule has 1 aromatic carbocycles. The fourth-order valence-corrected chi connectivity index (χ4v) is 4.95. The van der Waals surface area contributed by atoms with Crippen molar-refractivity contribution in [3.8, 4) is 0 Å². The van der Waals surface area contributed by atoms with Gasteiger partial charge >= 0.3 is 51.4 Å². The molecule has 2 nitrogen and oxygen atoms in total. The van der Waals surface area contributed by atoms with Gasteiger partial charge in [0.25, 0.3) is 0 Å². The molecule has 0 saturated heterocycles. The van der Waals surface area contributed by atoms with Crippen LogP contribution >= 0.6 is 0 Å². The van der Waals surface area contributed by atoms with Crippen molar-refractivity contribution in [3.05, 3.63) is 40.7 Å². The van der Waals surface area contributed by atoms with Crippen molar-refractivity contribution in [3.63, 3.8) is 0 Å². The molecular weight excluding hydrogens is 331 g/mol. The molecule has 0 spiro atoms. The Morgan fingerprint density at radius 1 is 1.20 bits per heavy atom. The minimum Gasteiger partial charge on any atom is -0.658 e. The normalized spacial score (nSPS) is 28.2. The van der Waals surface area contributed by atoms with Crippen LogP contribution in [0.15, 0.2) is 24.3 Å². The van der Waals surface area contributed by atoms with Gasteiger partial charge in [0.2, 0.25) is 0 Å². The van der Waals surface area contributed by atoms with E-state index in [1.807, 2.05) is 0 Å². The summed E-state index contributed by atoms with van der Waals surface area (Å²) in [6.45, 7) is 13.5. The van der Waals surface area contributed by atoms with Gasteiger partial charge < -0.3 is 10.2 Å². The summed E-state index contributed by atoms with van der Waals surface area (Å²) in [6.07, 6.45) is 5.34. The summed E-state index contributed by atoms with van der Waals surface area (Å²) in [7, 11) is 0. The fraction of sp³-hybridized carbons (Fsp3) is 0.727. The Hall–Kier alpha value is 0.776. The summed E-state index contributed by atoms with van der Waals surface area (Å²) < 4.78 is 0. The van der Waals surface area contributed by atoms with Crippen LogP contribution in [0.25, 0.3) is 5.32 Å². The minimum absolute atomic E-state index is 0. The number of rotatable bonds is 7. The van der Waals surface area contributed by atoms with E-state index < -0.39 is 0 Å². The summed E-state index contributed by atoms with van der Waals surface area (Å²) in [5, 5.41) is 5.07. The Morgan fingerprint density at radius 3 is 2.52 bits per heavy atom. The smallest absolute Gasteiger partial charge is 0.658 e.